The number of anilines is 2. The summed E-state index contributed by atoms with van der Waals surface area (Å²) in [5.74, 6) is -0.968. The molecule has 0 radical (unpaired) electrons. The van der Waals surface area contributed by atoms with Crippen molar-refractivity contribution < 1.29 is 18.7 Å². The van der Waals surface area contributed by atoms with Gasteiger partial charge in [-0.25, -0.2) is 9.18 Å². The van der Waals surface area contributed by atoms with Crippen molar-refractivity contribution in [3.8, 4) is 0 Å². The summed E-state index contributed by atoms with van der Waals surface area (Å²) >= 11 is 0. The van der Waals surface area contributed by atoms with Crippen LogP contribution in [0, 0.1) is 17.2 Å². The Morgan fingerprint density at radius 3 is 2.65 bits per heavy atom. The second kappa shape index (κ2) is 9.06. The molecule has 2 fully saturated rings. The summed E-state index contributed by atoms with van der Waals surface area (Å²) in [5, 5.41) is 5.86. The van der Waals surface area contributed by atoms with Crippen LogP contribution in [0.25, 0.3) is 0 Å². The fraction of sp³-hybridized carbons (Fsp3) is 0.417. The van der Waals surface area contributed by atoms with E-state index in [1.54, 1.807) is 17.0 Å². The van der Waals surface area contributed by atoms with Crippen LogP contribution < -0.4 is 10.6 Å². The fourth-order valence-electron chi connectivity index (χ4n) is 4.71. The number of nitrogens with zero attached hydrogens (tertiary/aromatic N) is 1. The molecule has 4 rings (SSSR count). The van der Waals surface area contributed by atoms with Gasteiger partial charge in [0.15, 0.2) is 0 Å². The molecule has 2 aliphatic rings. The predicted molar refractivity (Wildman–Crippen MR) is 117 cm³/mol. The number of carbonyl (C=O) groups is 2. The molecular formula is C24H28FN3O3. The molecule has 6 nitrogen and oxygen atoms in total. The molecule has 0 saturated carbocycles. The molecule has 0 bridgehead atoms. The zero-order valence-electron chi connectivity index (χ0n) is 17.7. The number of nitrogens with one attached hydrogen (secondary N) is 2. The minimum atomic E-state index is -0.402. The number of rotatable bonds is 4. The maximum Gasteiger partial charge on any atom is 0.321 e. The third-order valence-corrected chi connectivity index (χ3v) is 6.47. The van der Waals surface area contributed by atoms with E-state index >= 15 is 0 Å². The maximum absolute atomic E-state index is 13.6. The summed E-state index contributed by atoms with van der Waals surface area (Å²) < 4.78 is 19.1. The SMILES string of the molecule is CCc1ccccc1NC(=O)N1C[C@@H](C(=O)Nc2cccc(F)c2)C2(CCOCC2)C1. The van der Waals surface area contributed by atoms with Crippen LogP contribution >= 0.6 is 0 Å². The lowest BCUT2D eigenvalue weighted by Crippen LogP contribution is -2.42. The number of likely N-dealkylation sites (tertiary alicyclic amines) is 1. The largest absolute Gasteiger partial charge is 0.381 e. The first-order valence-electron chi connectivity index (χ1n) is 10.8. The van der Waals surface area contributed by atoms with Gasteiger partial charge in [0.2, 0.25) is 5.91 Å². The molecule has 2 aromatic carbocycles. The Bertz CT molecular complexity index is 959. The predicted octanol–water partition coefficient (Wildman–Crippen LogP) is 4.29. The Hall–Kier alpha value is -2.93. The summed E-state index contributed by atoms with van der Waals surface area (Å²) in [7, 11) is 0. The molecule has 2 aliphatic heterocycles. The van der Waals surface area contributed by atoms with Gasteiger partial charge >= 0.3 is 6.03 Å². The van der Waals surface area contributed by atoms with E-state index in [0.717, 1.165) is 17.7 Å². The third-order valence-electron chi connectivity index (χ3n) is 6.47. The molecule has 2 N–H and O–H groups in total. The highest BCUT2D eigenvalue weighted by Crippen LogP contribution is 2.45. The number of carbonyl (C=O) groups excluding carboxylic acids is 2. The highest BCUT2D eigenvalue weighted by molar-refractivity contribution is 5.95. The first-order chi connectivity index (χ1) is 15.0. The second-order valence-electron chi connectivity index (χ2n) is 8.35. The van der Waals surface area contributed by atoms with Crippen molar-refractivity contribution in [2.75, 3.05) is 36.9 Å². The summed E-state index contributed by atoms with van der Waals surface area (Å²) in [6.07, 6.45) is 2.24. The molecule has 164 valence electrons. The average molecular weight is 426 g/mol. The summed E-state index contributed by atoms with van der Waals surface area (Å²) in [6, 6.07) is 13.4. The van der Waals surface area contributed by atoms with Gasteiger partial charge in [-0.3, -0.25) is 4.79 Å². The molecule has 0 aromatic heterocycles. The molecule has 3 amide bonds. The van der Waals surface area contributed by atoms with Crippen molar-refractivity contribution in [2.45, 2.75) is 26.2 Å². The van der Waals surface area contributed by atoms with Crippen molar-refractivity contribution in [1.82, 2.24) is 4.90 Å². The molecule has 0 unspecified atom stereocenters. The van der Waals surface area contributed by atoms with Gasteiger partial charge < -0.3 is 20.3 Å². The van der Waals surface area contributed by atoms with Gasteiger partial charge in [0, 0.05) is 43.1 Å². The van der Waals surface area contributed by atoms with Gasteiger partial charge in [0.25, 0.3) is 0 Å². The standard InChI is InChI=1S/C24H28FN3O3/c1-2-17-6-3-4-9-21(17)27-23(30)28-15-20(24(16-28)10-12-31-13-11-24)22(29)26-19-8-5-7-18(25)14-19/h3-9,14,20H,2,10-13,15-16H2,1H3,(H,26,29)(H,27,30)/t20-/m0/s1. The van der Waals surface area contributed by atoms with Crippen LogP contribution in [0.15, 0.2) is 48.5 Å². The van der Waals surface area contributed by atoms with Crippen molar-refractivity contribution in [3.63, 3.8) is 0 Å². The number of urea groups is 1. The molecular weight excluding hydrogens is 397 g/mol. The van der Waals surface area contributed by atoms with E-state index < -0.39 is 5.82 Å². The molecule has 2 heterocycles. The fourth-order valence-corrected chi connectivity index (χ4v) is 4.71. The van der Waals surface area contributed by atoms with Crippen LogP contribution in [-0.2, 0) is 16.0 Å². The van der Waals surface area contributed by atoms with E-state index in [1.807, 2.05) is 31.2 Å². The number of hydrogen-bond acceptors (Lipinski definition) is 3. The van der Waals surface area contributed by atoms with Crippen LogP contribution in [0.5, 0.6) is 0 Å². The van der Waals surface area contributed by atoms with Gasteiger partial charge in [-0.05, 0) is 49.1 Å². The first kappa shape index (κ1) is 21.3. The third kappa shape index (κ3) is 4.56. The number of amides is 3. The normalized spacial score (nSPS) is 19.9. The number of benzene rings is 2. The lowest BCUT2D eigenvalue weighted by atomic mass is 9.71. The molecule has 2 aromatic rings. The molecule has 1 atom stereocenters. The Kier molecular flexibility index (Phi) is 6.23. The van der Waals surface area contributed by atoms with E-state index in [4.69, 9.17) is 4.74 Å². The highest BCUT2D eigenvalue weighted by atomic mass is 19.1. The molecule has 31 heavy (non-hydrogen) atoms. The molecule has 1 spiro atoms. The number of aryl methyl sites for hydroxylation is 1. The smallest absolute Gasteiger partial charge is 0.321 e. The number of halogens is 1. The number of ether oxygens (including phenoxy) is 1. The average Bonchev–Trinajstić information content (AvgIpc) is 3.13. The molecule has 2 saturated heterocycles. The van der Waals surface area contributed by atoms with E-state index in [2.05, 4.69) is 10.6 Å². The van der Waals surface area contributed by atoms with Crippen LogP contribution in [0.2, 0.25) is 0 Å². The summed E-state index contributed by atoms with van der Waals surface area (Å²) in [6.45, 7) is 4.00. The monoisotopic (exact) mass is 425 g/mol. The van der Waals surface area contributed by atoms with Gasteiger partial charge in [-0.2, -0.15) is 0 Å². The van der Waals surface area contributed by atoms with Gasteiger partial charge in [-0.15, -0.1) is 0 Å². The van der Waals surface area contributed by atoms with Crippen LogP contribution in [-0.4, -0.2) is 43.1 Å². The second-order valence-corrected chi connectivity index (χ2v) is 8.35. The van der Waals surface area contributed by atoms with Crippen molar-refractivity contribution in [3.05, 3.63) is 59.9 Å². The maximum atomic E-state index is 13.6. The quantitative estimate of drug-likeness (QED) is 0.768. The zero-order chi connectivity index (χ0) is 21.8. The van der Waals surface area contributed by atoms with E-state index in [0.29, 0.717) is 44.8 Å². The minimum absolute atomic E-state index is 0.184. The van der Waals surface area contributed by atoms with Crippen molar-refractivity contribution in [2.24, 2.45) is 11.3 Å². The number of hydrogen-bond donors (Lipinski definition) is 2. The van der Waals surface area contributed by atoms with Gasteiger partial charge in [0.05, 0.1) is 5.92 Å². The van der Waals surface area contributed by atoms with Crippen LogP contribution in [0.3, 0.4) is 0 Å². The number of para-hydroxylation sites is 1. The Labute approximate surface area is 181 Å². The lowest BCUT2D eigenvalue weighted by molar-refractivity contribution is -0.124. The topological polar surface area (TPSA) is 70.7 Å². The Morgan fingerprint density at radius 1 is 1.13 bits per heavy atom. The van der Waals surface area contributed by atoms with E-state index in [-0.39, 0.29) is 23.3 Å². The summed E-state index contributed by atoms with van der Waals surface area (Å²) in [4.78, 5) is 28.0. The van der Waals surface area contributed by atoms with E-state index in [1.165, 1.54) is 12.1 Å². The molecule has 0 aliphatic carbocycles. The first-order valence-corrected chi connectivity index (χ1v) is 10.8. The van der Waals surface area contributed by atoms with E-state index in [9.17, 15) is 14.0 Å². The van der Waals surface area contributed by atoms with Gasteiger partial charge in [0.1, 0.15) is 5.82 Å². The Morgan fingerprint density at radius 2 is 1.90 bits per heavy atom. The highest BCUT2D eigenvalue weighted by Gasteiger charge is 2.51. The Balaban J connectivity index is 1.52. The van der Waals surface area contributed by atoms with Gasteiger partial charge in [-0.1, -0.05) is 31.2 Å². The molecule has 7 heteroatoms. The summed E-state index contributed by atoms with van der Waals surface area (Å²) in [5.41, 5.74) is 1.95. The van der Waals surface area contributed by atoms with Crippen LogP contribution in [0.1, 0.15) is 25.3 Å². The van der Waals surface area contributed by atoms with Crippen LogP contribution in [0.4, 0.5) is 20.6 Å². The van der Waals surface area contributed by atoms with Crippen molar-refractivity contribution in [1.29, 1.82) is 0 Å². The zero-order valence-corrected chi connectivity index (χ0v) is 17.7. The lowest BCUT2D eigenvalue weighted by Gasteiger charge is -2.37. The van der Waals surface area contributed by atoms with Crippen molar-refractivity contribution >= 4 is 23.3 Å². The minimum Gasteiger partial charge on any atom is -0.381 e.